The largest absolute Gasteiger partial charge is 0.452 e. The maximum absolute atomic E-state index is 12.8. The highest BCUT2D eigenvalue weighted by atomic mass is 32.2. The van der Waals surface area contributed by atoms with Crippen molar-refractivity contribution >= 4 is 35.2 Å². The molecule has 7 nitrogen and oxygen atoms in total. The van der Waals surface area contributed by atoms with Gasteiger partial charge in [0.1, 0.15) is 10.8 Å². The van der Waals surface area contributed by atoms with Crippen molar-refractivity contribution in [1.82, 2.24) is 10.3 Å². The van der Waals surface area contributed by atoms with Crippen molar-refractivity contribution in [1.29, 1.82) is 0 Å². The molecule has 11 heteroatoms. The standard InChI is InChI=1S/C17H14F3N3O4S/c18-10-3-5-11(6-4-10)23-13(24)8-22-14(25)9-27-16(26)12-2-1-7-21-15(12)28-17(19)20/h1-7,17H,8-9H2,(H,22,25)(H,23,24). The average Bonchev–Trinajstić information content (AvgIpc) is 2.66. The molecular formula is C17H14F3N3O4S. The predicted molar refractivity (Wildman–Crippen MR) is 94.4 cm³/mol. The molecule has 1 aromatic carbocycles. The van der Waals surface area contributed by atoms with Crippen LogP contribution in [0.4, 0.5) is 18.9 Å². The normalized spacial score (nSPS) is 10.4. The molecule has 2 rings (SSSR count). The van der Waals surface area contributed by atoms with E-state index in [0.29, 0.717) is 5.69 Å². The molecule has 0 spiro atoms. The lowest BCUT2D eigenvalue weighted by Gasteiger charge is -2.09. The molecule has 0 atom stereocenters. The molecule has 0 bridgehead atoms. The molecular weight excluding hydrogens is 399 g/mol. The van der Waals surface area contributed by atoms with Gasteiger partial charge in [-0.15, -0.1) is 0 Å². The van der Waals surface area contributed by atoms with Crippen LogP contribution in [0.15, 0.2) is 47.6 Å². The van der Waals surface area contributed by atoms with Crippen LogP contribution in [-0.2, 0) is 14.3 Å². The summed E-state index contributed by atoms with van der Waals surface area (Å²) in [6.07, 6.45) is 1.24. The molecule has 0 radical (unpaired) electrons. The van der Waals surface area contributed by atoms with E-state index in [1.165, 1.54) is 30.5 Å². The Balaban J connectivity index is 1.78. The molecule has 0 unspecified atom stereocenters. The number of nitrogens with one attached hydrogen (secondary N) is 2. The molecule has 0 fully saturated rings. The Bertz CT molecular complexity index is 850. The molecule has 2 amide bonds. The van der Waals surface area contributed by atoms with E-state index in [-0.39, 0.29) is 22.4 Å². The number of rotatable bonds is 8. The maximum atomic E-state index is 12.8. The van der Waals surface area contributed by atoms with Gasteiger partial charge in [0.25, 0.3) is 11.7 Å². The first-order valence-electron chi connectivity index (χ1n) is 7.74. The number of nitrogens with zero attached hydrogens (tertiary/aromatic N) is 1. The van der Waals surface area contributed by atoms with E-state index < -0.39 is 42.5 Å². The second-order valence-electron chi connectivity index (χ2n) is 5.14. The van der Waals surface area contributed by atoms with Gasteiger partial charge in [0, 0.05) is 11.9 Å². The zero-order valence-corrected chi connectivity index (χ0v) is 15.0. The van der Waals surface area contributed by atoms with Crippen LogP contribution in [0.1, 0.15) is 10.4 Å². The average molecular weight is 413 g/mol. The van der Waals surface area contributed by atoms with Gasteiger partial charge in [-0.05, 0) is 48.2 Å². The Morgan fingerprint density at radius 2 is 1.82 bits per heavy atom. The fourth-order valence-electron chi connectivity index (χ4n) is 1.90. The minimum absolute atomic E-state index is 0.0813. The molecule has 28 heavy (non-hydrogen) atoms. The number of halogens is 3. The van der Waals surface area contributed by atoms with Gasteiger partial charge in [0.2, 0.25) is 5.91 Å². The Kier molecular flexibility index (Phi) is 7.81. The molecule has 0 saturated heterocycles. The van der Waals surface area contributed by atoms with Gasteiger partial charge in [0.15, 0.2) is 6.61 Å². The number of aromatic nitrogens is 1. The quantitative estimate of drug-likeness (QED) is 0.510. The number of anilines is 1. The molecule has 2 N–H and O–H groups in total. The van der Waals surface area contributed by atoms with Crippen molar-refractivity contribution in [2.24, 2.45) is 0 Å². The predicted octanol–water partition coefficient (Wildman–Crippen LogP) is 2.45. The number of thioether (sulfide) groups is 1. The lowest BCUT2D eigenvalue weighted by atomic mass is 10.3. The van der Waals surface area contributed by atoms with E-state index in [1.807, 2.05) is 0 Å². The van der Waals surface area contributed by atoms with Crippen LogP contribution in [0.2, 0.25) is 0 Å². The highest BCUT2D eigenvalue weighted by Gasteiger charge is 2.18. The Labute approximate surface area is 161 Å². The number of pyridine rings is 1. The van der Waals surface area contributed by atoms with E-state index in [9.17, 15) is 27.6 Å². The summed E-state index contributed by atoms with van der Waals surface area (Å²) in [5.41, 5.74) is 0.141. The van der Waals surface area contributed by atoms with Crippen molar-refractivity contribution in [3.63, 3.8) is 0 Å². The number of benzene rings is 1. The molecule has 1 heterocycles. The van der Waals surface area contributed by atoms with Gasteiger partial charge in [-0.2, -0.15) is 8.78 Å². The van der Waals surface area contributed by atoms with E-state index in [4.69, 9.17) is 4.74 Å². The fraction of sp³-hybridized carbons (Fsp3) is 0.176. The number of carbonyl (C=O) groups excluding carboxylic acids is 3. The minimum Gasteiger partial charge on any atom is -0.452 e. The molecule has 148 valence electrons. The third-order valence-electron chi connectivity index (χ3n) is 3.10. The number of carbonyl (C=O) groups is 3. The van der Waals surface area contributed by atoms with Crippen LogP contribution in [0.5, 0.6) is 0 Å². The maximum Gasteiger partial charge on any atom is 0.341 e. The summed E-state index contributed by atoms with van der Waals surface area (Å²) in [5.74, 6) is -5.58. The van der Waals surface area contributed by atoms with Gasteiger partial charge in [-0.1, -0.05) is 0 Å². The first-order chi connectivity index (χ1) is 13.3. The highest BCUT2D eigenvalue weighted by Crippen LogP contribution is 2.26. The Morgan fingerprint density at radius 1 is 1.11 bits per heavy atom. The van der Waals surface area contributed by atoms with Crippen LogP contribution < -0.4 is 10.6 Å². The number of esters is 1. The van der Waals surface area contributed by atoms with Crippen molar-refractivity contribution < 1.29 is 32.3 Å². The van der Waals surface area contributed by atoms with Gasteiger partial charge in [0.05, 0.1) is 12.1 Å². The zero-order chi connectivity index (χ0) is 20.5. The molecule has 0 saturated carbocycles. The number of hydrogen-bond donors (Lipinski definition) is 2. The molecule has 0 aliphatic rings. The summed E-state index contributed by atoms with van der Waals surface area (Å²) >= 11 is 0.0813. The summed E-state index contributed by atoms with van der Waals surface area (Å²) in [6.45, 7) is -1.12. The van der Waals surface area contributed by atoms with Crippen LogP contribution in [-0.4, -0.2) is 41.7 Å². The first kappa shape index (κ1) is 21.2. The summed E-state index contributed by atoms with van der Waals surface area (Å²) < 4.78 is 42.5. The third-order valence-corrected chi connectivity index (χ3v) is 3.83. The summed E-state index contributed by atoms with van der Waals surface area (Å²) in [7, 11) is 0. The lowest BCUT2D eigenvalue weighted by Crippen LogP contribution is -2.35. The van der Waals surface area contributed by atoms with Crippen molar-refractivity contribution in [3.8, 4) is 0 Å². The monoisotopic (exact) mass is 413 g/mol. The number of ether oxygens (including phenoxy) is 1. The van der Waals surface area contributed by atoms with Gasteiger partial charge < -0.3 is 15.4 Å². The highest BCUT2D eigenvalue weighted by molar-refractivity contribution is 7.99. The van der Waals surface area contributed by atoms with Crippen LogP contribution in [0.3, 0.4) is 0 Å². The Morgan fingerprint density at radius 3 is 2.50 bits per heavy atom. The van der Waals surface area contributed by atoms with E-state index in [1.54, 1.807) is 0 Å². The summed E-state index contributed by atoms with van der Waals surface area (Å²) in [4.78, 5) is 39.0. The molecule has 0 aliphatic heterocycles. The first-order valence-corrected chi connectivity index (χ1v) is 8.62. The SMILES string of the molecule is O=C(COC(=O)c1cccnc1SC(F)F)NCC(=O)Nc1ccc(F)cc1. The number of hydrogen-bond acceptors (Lipinski definition) is 6. The van der Waals surface area contributed by atoms with Crippen LogP contribution in [0.25, 0.3) is 0 Å². The summed E-state index contributed by atoms with van der Waals surface area (Å²) in [5, 5.41) is 4.43. The molecule has 0 aliphatic carbocycles. The van der Waals surface area contributed by atoms with Crippen LogP contribution in [0, 0.1) is 5.82 Å². The summed E-state index contributed by atoms with van der Waals surface area (Å²) in [6, 6.07) is 7.62. The number of alkyl halides is 2. The second-order valence-corrected chi connectivity index (χ2v) is 6.12. The fourth-order valence-corrected chi connectivity index (χ4v) is 2.47. The third kappa shape index (κ3) is 6.91. The van der Waals surface area contributed by atoms with E-state index in [2.05, 4.69) is 15.6 Å². The smallest absolute Gasteiger partial charge is 0.341 e. The topological polar surface area (TPSA) is 97.4 Å². The molecule has 1 aromatic heterocycles. The van der Waals surface area contributed by atoms with Crippen LogP contribution >= 0.6 is 11.8 Å². The minimum atomic E-state index is -2.77. The Hall–Kier alpha value is -3.08. The van der Waals surface area contributed by atoms with Crippen molar-refractivity contribution in [2.75, 3.05) is 18.5 Å². The van der Waals surface area contributed by atoms with Gasteiger partial charge in [-0.3, -0.25) is 9.59 Å². The number of amides is 2. The van der Waals surface area contributed by atoms with Gasteiger partial charge in [-0.25, -0.2) is 14.2 Å². The zero-order valence-electron chi connectivity index (χ0n) is 14.2. The second kappa shape index (κ2) is 10.3. The van der Waals surface area contributed by atoms with E-state index >= 15 is 0 Å². The molecule has 2 aromatic rings. The van der Waals surface area contributed by atoms with Gasteiger partial charge >= 0.3 is 5.97 Å². The van der Waals surface area contributed by atoms with Crippen molar-refractivity contribution in [3.05, 3.63) is 54.0 Å². The lowest BCUT2D eigenvalue weighted by molar-refractivity contribution is -0.126. The van der Waals surface area contributed by atoms with E-state index in [0.717, 1.165) is 12.1 Å². The van der Waals surface area contributed by atoms with Crippen molar-refractivity contribution in [2.45, 2.75) is 10.8 Å².